The third-order valence-corrected chi connectivity index (χ3v) is 2.61. The lowest BCUT2D eigenvalue weighted by atomic mass is 10.2. The number of nitrogens with one attached hydrogen (secondary N) is 2. The van der Waals surface area contributed by atoms with Gasteiger partial charge < -0.3 is 21.1 Å². The molecule has 0 unspecified atom stereocenters. The largest absolute Gasteiger partial charge is 0.399 e. The highest BCUT2D eigenvalue weighted by Gasteiger charge is 2.19. The molecule has 2 amide bonds. The van der Waals surface area contributed by atoms with Gasteiger partial charge in [0.2, 0.25) is 11.8 Å². The first-order valence-corrected chi connectivity index (χ1v) is 6.43. The minimum absolute atomic E-state index is 0.0251. The highest BCUT2D eigenvalue weighted by atomic mass is 16.5. The van der Waals surface area contributed by atoms with Crippen molar-refractivity contribution in [2.75, 3.05) is 18.9 Å². The van der Waals surface area contributed by atoms with Gasteiger partial charge in [-0.3, -0.25) is 9.59 Å². The van der Waals surface area contributed by atoms with Crippen LogP contribution in [0.3, 0.4) is 0 Å². The molecule has 1 aromatic carbocycles. The highest BCUT2D eigenvalue weighted by Crippen LogP contribution is 2.04. The van der Waals surface area contributed by atoms with Crippen LogP contribution < -0.4 is 16.4 Å². The number of rotatable bonds is 7. The number of terminal acetylenes is 1. The molecule has 0 saturated carbocycles. The van der Waals surface area contributed by atoms with E-state index in [4.69, 9.17) is 16.9 Å². The van der Waals surface area contributed by atoms with Crippen molar-refractivity contribution >= 4 is 17.5 Å². The zero-order valence-electron chi connectivity index (χ0n) is 11.9. The van der Waals surface area contributed by atoms with Crippen LogP contribution in [0.1, 0.15) is 12.5 Å². The van der Waals surface area contributed by atoms with Gasteiger partial charge in [0.05, 0.1) is 6.61 Å². The van der Waals surface area contributed by atoms with E-state index < -0.39 is 6.04 Å². The van der Waals surface area contributed by atoms with Crippen LogP contribution in [0.5, 0.6) is 0 Å². The lowest BCUT2D eigenvalue weighted by Crippen LogP contribution is -2.48. The standard InChI is InChI=1S/C15H19N3O3/c1-3-8-21-10-14(18-11(2)19)15(20)17-9-12-4-6-13(16)7-5-12/h1,4-7,14H,8-10,16H2,2H3,(H,17,20)(H,18,19)/t14-/m0/s1. The molecule has 0 radical (unpaired) electrons. The van der Waals surface area contributed by atoms with Gasteiger partial charge in [0.15, 0.2) is 0 Å². The van der Waals surface area contributed by atoms with E-state index in [1.165, 1.54) is 6.92 Å². The summed E-state index contributed by atoms with van der Waals surface area (Å²) in [6.45, 7) is 1.78. The average Bonchev–Trinajstić information content (AvgIpc) is 2.45. The first-order valence-electron chi connectivity index (χ1n) is 6.43. The molecule has 6 nitrogen and oxygen atoms in total. The van der Waals surface area contributed by atoms with E-state index in [1.807, 2.05) is 12.1 Å². The molecule has 0 aliphatic rings. The number of ether oxygens (including phenoxy) is 1. The van der Waals surface area contributed by atoms with Crippen LogP contribution in [-0.2, 0) is 20.9 Å². The normalized spacial score (nSPS) is 11.2. The molecule has 0 aliphatic heterocycles. The van der Waals surface area contributed by atoms with E-state index in [0.29, 0.717) is 12.2 Å². The summed E-state index contributed by atoms with van der Waals surface area (Å²) in [4.78, 5) is 23.1. The van der Waals surface area contributed by atoms with Crippen LogP contribution in [0.4, 0.5) is 5.69 Å². The number of hydrogen-bond acceptors (Lipinski definition) is 4. The van der Waals surface area contributed by atoms with E-state index >= 15 is 0 Å². The lowest BCUT2D eigenvalue weighted by Gasteiger charge is -2.17. The monoisotopic (exact) mass is 289 g/mol. The Morgan fingerprint density at radius 1 is 1.38 bits per heavy atom. The van der Waals surface area contributed by atoms with Crippen molar-refractivity contribution in [1.82, 2.24) is 10.6 Å². The topological polar surface area (TPSA) is 93.4 Å². The Labute approximate surface area is 124 Å². The Bertz CT molecular complexity index is 520. The van der Waals surface area contributed by atoms with Crippen LogP contribution in [0.15, 0.2) is 24.3 Å². The van der Waals surface area contributed by atoms with Gasteiger partial charge in [0.1, 0.15) is 12.6 Å². The predicted octanol–water partition coefficient (Wildman–Crippen LogP) is 0.0395. The first-order chi connectivity index (χ1) is 10.0. The second-order valence-corrected chi connectivity index (χ2v) is 4.43. The van der Waals surface area contributed by atoms with Crippen molar-refractivity contribution in [1.29, 1.82) is 0 Å². The zero-order valence-corrected chi connectivity index (χ0v) is 11.9. The van der Waals surface area contributed by atoms with Crippen molar-refractivity contribution in [3.63, 3.8) is 0 Å². The zero-order chi connectivity index (χ0) is 15.7. The van der Waals surface area contributed by atoms with Gasteiger partial charge in [-0.2, -0.15) is 0 Å². The van der Waals surface area contributed by atoms with E-state index in [0.717, 1.165) is 5.56 Å². The molecule has 0 saturated heterocycles. The van der Waals surface area contributed by atoms with Crippen LogP contribution in [0, 0.1) is 12.3 Å². The van der Waals surface area contributed by atoms with Gasteiger partial charge in [0, 0.05) is 19.2 Å². The quantitative estimate of drug-likeness (QED) is 0.375. The van der Waals surface area contributed by atoms with Gasteiger partial charge >= 0.3 is 0 Å². The van der Waals surface area contributed by atoms with Crippen molar-refractivity contribution < 1.29 is 14.3 Å². The molecule has 0 aromatic heterocycles. The number of amides is 2. The number of nitrogen functional groups attached to an aromatic ring is 1. The summed E-state index contributed by atoms with van der Waals surface area (Å²) in [7, 11) is 0. The highest BCUT2D eigenvalue weighted by molar-refractivity contribution is 5.86. The molecule has 1 aromatic rings. The Hall–Kier alpha value is -2.52. The van der Waals surface area contributed by atoms with E-state index in [-0.39, 0.29) is 25.0 Å². The SMILES string of the molecule is C#CCOC[C@H](NC(C)=O)C(=O)NCc1ccc(N)cc1. The second kappa shape index (κ2) is 8.61. The number of anilines is 1. The summed E-state index contributed by atoms with van der Waals surface area (Å²) in [6, 6.07) is 6.37. The molecule has 0 fully saturated rings. The molecular formula is C15H19N3O3. The second-order valence-electron chi connectivity index (χ2n) is 4.43. The third kappa shape index (κ3) is 6.45. The summed E-state index contributed by atoms with van der Waals surface area (Å²) in [6.07, 6.45) is 5.07. The number of nitrogens with two attached hydrogens (primary N) is 1. The Morgan fingerprint density at radius 2 is 2.05 bits per heavy atom. The Morgan fingerprint density at radius 3 is 2.62 bits per heavy atom. The molecule has 21 heavy (non-hydrogen) atoms. The smallest absolute Gasteiger partial charge is 0.245 e. The van der Waals surface area contributed by atoms with Gasteiger partial charge in [-0.05, 0) is 17.7 Å². The van der Waals surface area contributed by atoms with Gasteiger partial charge in [0.25, 0.3) is 0 Å². The van der Waals surface area contributed by atoms with Gasteiger partial charge in [-0.25, -0.2) is 0 Å². The Balaban J connectivity index is 2.52. The molecule has 1 rings (SSSR count). The maximum Gasteiger partial charge on any atom is 0.245 e. The molecule has 0 spiro atoms. The van der Waals surface area contributed by atoms with Crippen LogP contribution >= 0.6 is 0 Å². The summed E-state index contributed by atoms with van der Waals surface area (Å²) in [5.41, 5.74) is 7.15. The lowest BCUT2D eigenvalue weighted by molar-refractivity contribution is -0.129. The molecular weight excluding hydrogens is 270 g/mol. The fourth-order valence-electron chi connectivity index (χ4n) is 1.61. The fourth-order valence-corrected chi connectivity index (χ4v) is 1.61. The maximum absolute atomic E-state index is 12.0. The molecule has 112 valence electrons. The Kier molecular flexibility index (Phi) is 6.78. The number of benzene rings is 1. The minimum Gasteiger partial charge on any atom is -0.399 e. The van der Waals surface area contributed by atoms with Crippen LogP contribution in [-0.4, -0.2) is 31.1 Å². The molecule has 6 heteroatoms. The third-order valence-electron chi connectivity index (χ3n) is 2.61. The van der Waals surface area contributed by atoms with E-state index in [2.05, 4.69) is 16.6 Å². The maximum atomic E-state index is 12.0. The summed E-state index contributed by atoms with van der Waals surface area (Å²) < 4.78 is 5.11. The van der Waals surface area contributed by atoms with E-state index in [9.17, 15) is 9.59 Å². The first kappa shape index (κ1) is 16.5. The summed E-state index contributed by atoms with van der Waals surface area (Å²) in [5, 5.41) is 5.24. The van der Waals surface area contributed by atoms with Gasteiger partial charge in [-0.15, -0.1) is 6.42 Å². The van der Waals surface area contributed by atoms with Crippen LogP contribution in [0.2, 0.25) is 0 Å². The van der Waals surface area contributed by atoms with Gasteiger partial charge in [-0.1, -0.05) is 18.1 Å². The molecule has 0 heterocycles. The van der Waals surface area contributed by atoms with Crippen LogP contribution in [0.25, 0.3) is 0 Å². The minimum atomic E-state index is -0.773. The summed E-state index contributed by atoms with van der Waals surface area (Å²) >= 11 is 0. The fraction of sp³-hybridized carbons (Fsp3) is 0.333. The van der Waals surface area contributed by atoms with Crippen molar-refractivity contribution in [3.05, 3.63) is 29.8 Å². The number of carbonyl (C=O) groups excluding carboxylic acids is 2. The molecule has 0 aliphatic carbocycles. The van der Waals surface area contributed by atoms with E-state index in [1.54, 1.807) is 12.1 Å². The molecule has 4 N–H and O–H groups in total. The average molecular weight is 289 g/mol. The molecule has 0 bridgehead atoms. The number of carbonyl (C=O) groups is 2. The molecule has 1 atom stereocenters. The summed E-state index contributed by atoms with van der Waals surface area (Å²) in [5.74, 6) is 1.65. The van der Waals surface area contributed by atoms with Crippen molar-refractivity contribution in [2.24, 2.45) is 0 Å². The van der Waals surface area contributed by atoms with Crippen molar-refractivity contribution in [2.45, 2.75) is 19.5 Å². The predicted molar refractivity (Wildman–Crippen MR) is 80.0 cm³/mol. The number of hydrogen-bond donors (Lipinski definition) is 3. The van der Waals surface area contributed by atoms with Crippen molar-refractivity contribution in [3.8, 4) is 12.3 Å².